The Balaban J connectivity index is 1.90. The third-order valence-corrected chi connectivity index (χ3v) is 10.2. The van der Waals surface area contributed by atoms with Gasteiger partial charge in [-0.15, -0.1) is 0 Å². The number of H-pyrrole nitrogens is 1. The number of nitrogens with zero attached hydrogens (tertiary/aromatic N) is 2. The maximum absolute atomic E-state index is 14.3. The summed E-state index contributed by atoms with van der Waals surface area (Å²) in [4.78, 5) is 128. The van der Waals surface area contributed by atoms with Crippen molar-refractivity contribution in [3.8, 4) is 5.75 Å². The van der Waals surface area contributed by atoms with Gasteiger partial charge in [-0.25, -0.2) is 9.78 Å². The summed E-state index contributed by atoms with van der Waals surface area (Å²) in [6.45, 7) is 1.26. The zero-order valence-electron chi connectivity index (χ0n) is 37.2. The fourth-order valence-electron chi connectivity index (χ4n) is 6.49. The van der Waals surface area contributed by atoms with Gasteiger partial charge in [0.15, 0.2) is 5.96 Å². The number of carboxylic acids is 2. The average Bonchev–Trinajstić information content (AvgIpc) is 3.80. The molecule has 2 aromatic carbocycles. The SMILES string of the molecule is C[C@H](NC(=O)[C@H](Cc1cnc[nH]1)NC(=O)[C@H](CCCN=C(N)N)NC(=O)[C@H](Cc1ccccc1)NC(=O)[C@H](CCC(=O)O)NC(=O)[C@@H](N)Cc1ccc(O)cc1)C(=O)N[C@@H](CCC(N)=O)C(=O)O. The molecule has 68 heavy (non-hydrogen) atoms. The predicted molar refractivity (Wildman–Crippen MR) is 242 cm³/mol. The minimum Gasteiger partial charge on any atom is -0.508 e. The molecule has 7 amide bonds. The highest BCUT2D eigenvalue weighted by molar-refractivity contribution is 5.97. The first kappa shape index (κ1) is 54.2. The van der Waals surface area contributed by atoms with Crippen LogP contribution in [-0.2, 0) is 62.4 Å². The Hall–Kier alpha value is -8.09. The molecular formula is C43H59N13O12. The number of nitrogens with one attached hydrogen (secondary N) is 7. The Morgan fingerprint density at radius 2 is 1.16 bits per heavy atom. The van der Waals surface area contributed by atoms with Gasteiger partial charge in [0.2, 0.25) is 41.4 Å². The summed E-state index contributed by atoms with van der Waals surface area (Å²) in [5.74, 6) is -9.17. The first-order valence-corrected chi connectivity index (χ1v) is 21.4. The van der Waals surface area contributed by atoms with E-state index in [1.54, 1.807) is 42.5 Å². The number of rotatable bonds is 29. The second kappa shape index (κ2) is 27.4. The molecule has 0 saturated heterocycles. The molecule has 0 aliphatic heterocycles. The number of phenols is 1. The summed E-state index contributed by atoms with van der Waals surface area (Å²) in [6.07, 6.45) is 0.673. The van der Waals surface area contributed by atoms with Crippen molar-refractivity contribution in [1.29, 1.82) is 0 Å². The number of aromatic hydroxyl groups is 1. The number of aliphatic carboxylic acids is 2. The maximum atomic E-state index is 14.3. The van der Waals surface area contributed by atoms with Gasteiger partial charge in [-0.1, -0.05) is 42.5 Å². The number of nitrogens with two attached hydrogens (primary N) is 4. The molecule has 18 N–H and O–H groups in total. The van der Waals surface area contributed by atoms with E-state index in [4.69, 9.17) is 22.9 Å². The maximum Gasteiger partial charge on any atom is 0.326 e. The lowest BCUT2D eigenvalue weighted by molar-refractivity contribution is -0.142. The van der Waals surface area contributed by atoms with Crippen LogP contribution in [0, 0.1) is 0 Å². The quantitative estimate of drug-likeness (QED) is 0.0184. The fourth-order valence-corrected chi connectivity index (χ4v) is 6.49. The molecule has 3 aromatic rings. The van der Waals surface area contributed by atoms with E-state index < -0.39 is 108 Å². The Kier molecular flexibility index (Phi) is 21.9. The Labute approximate surface area is 390 Å². The number of aliphatic imine (C=N–C) groups is 1. The molecule has 0 unspecified atom stereocenters. The minimum absolute atomic E-state index is 0.00326. The van der Waals surface area contributed by atoms with Gasteiger partial charge < -0.3 is 75.1 Å². The zero-order chi connectivity index (χ0) is 50.3. The van der Waals surface area contributed by atoms with Gasteiger partial charge in [0.1, 0.15) is 42.0 Å². The van der Waals surface area contributed by atoms with Crippen molar-refractivity contribution < 1.29 is 58.5 Å². The van der Waals surface area contributed by atoms with E-state index in [0.29, 0.717) is 16.8 Å². The normalized spacial score (nSPS) is 13.9. The first-order chi connectivity index (χ1) is 32.2. The van der Waals surface area contributed by atoms with Crippen LogP contribution in [-0.4, -0.2) is 133 Å². The monoisotopic (exact) mass is 949 g/mol. The van der Waals surface area contributed by atoms with Gasteiger partial charge in [-0.3, -0.25) is 43.3 Å². The number of phenolic OH excluding ortho intramolecular Hbond substituents is 1. The summed E-state index contributed by atoms with van der Waals surface area (Å²) < 4.78 is 0. The Bertz CT molecular complexity index is 2220. The van der Waals surface area contributed by atoms with Crippen LogP contribution in [0.1, 0.15) is 62.3 Å². The number of amides is 7. The van der Waals surface area contributed by atoms with Crippen LogP contribution in [0.2, 0.25) is 0 Å². The summed E-state index contributed by atoms with van der Waals surface area (Å²) >= 11 is 0. The minimum atomic E-state index is -1.51. The number of hydrogen-bond donors (Lipinski definition) is 14. The van der Waals surface area contributed by atoms with E-state index in [2.05, 4.69) is 46.9 Å². The van der Waals surface area contributed by atoms with E-state index in [1.807, 2.05) is 0 Å². The molecule has 368 valence electrons. The molecule has 3 rings (SSSR count). The zero-order valence-corrected chi connectivity index (χ0v) is 37.2. The van der Waals surface area contributed by atoms with Crippen molar-refractivity contribution in [3.63, 3.8) is 0 Å². The number of carbonyl (C=O) groups is 9. The van der Waals surface area contributed by atoms with E-state index in [9.17, 15) is 58.5 Å². The predicted octanol–water partition coefficient (Wildman–Crippen LogP) is -3.33. The summed E-state index contributed by atoms with van der Waals surface area (Å²) in [6, 6.07) is 4.41. The van der Waals surface area contributed by atoms with Gasteiger partial charge in [0.25, 0.3) is 0 Å². The first-order valence-electron chi connectivity index (χ1n) is 21.4. The standard InChI is InChI=1S/C43H59N13O12/c1-23(36(61)54-31(42(67)68)13-15-34(45)58)51-40(65)33(20-26-21-48-22-50-26)56-38(63)29(8-5-17-49-43(46)47)53-41(66)32(19-24-6-3-2-4-7-24)55-39(64)30(14-16-35(59)60)52-37(62)28(44)18-25-9-11-27(57)12-10-25/h2-4,6-7,9-12,21-23,28-33,57H,5,8,13-20,44H2,1H3,(H2,45,58)(H,48,50)(H,51,65)(H,52,62)(H,53,66)(H,54,61)(H,55,64)(H,56,63)(H,59,60)(H,67,68)(H4,46,47,49)/t23-,28-,29-,30-,31-,32-,33-/m0/s1. The van der Waals surface area contributed by atoms with Gasteiger partial charge in [-0.2, -0.15) is 0 Å². The highest BCUT2D eigenvalue weighted by Crippen LogP contribution is 2.13. The smallest absolute Gasteiger partial charge is 0.326 e. The van der Waals surface area contributed by atoms with Crippen molar-refractivity contribution in [1.82, 2.24) is 41.9 Å². The molecule has 0 aliphatic carbocycles. The highest BCUT2D eigenvalue weighted by Gasteiger charge is 2.34. The molecule has 1 aromatic heterocycles. The van der Waals surface area contributed by atoms with Crippen LogP contribution in [0.5, 0.6) is 5.75 Å². The van der Waals surface area contributed by atoms with E-state index in [1.165, 1.54) is 31.6 Å². The molecule has 0 bridgehead atoms. The summed E-state index contributed by atoms with van der Waals surface area (Å²) in [5, 5.41) is 43.5. The number of guanidine groups is 1. The molecule has 25 heteroatoms. The van der Waals surface area contributed by atoms with Crippen molar-refractivity contribution in [2.45, 2.75) is 107 Å². The highest BCUT2D eigenvalue weighted by atomic mass is 16.4. The topological polar surface area (TPSA) is 432 Å². The van der Waals surface area contributed by atoms with Crippen LogP contribution in [0.4, 0.5) is 0 Å². The van der Waals surface area contributed by atoms with Gasteiger partial charge in [-0.05, 0) is 62.3 Å². The number of carbonyl (C=O) groups excluding carboxylic acids is 7. The van der Waals surface area contributed by atoms with Crippen molar-refractivity contribution in [3.05, 3.63) is 83.9 Å². The number of imidazole rings is 1. The lowest BCUT2D eigenvalue weighted by Gasteiger charge is -2.27. The Morgan fingerprint density at radius 1 is 0.632 bits per heavy atom. The molecule has 25 nitrogen and oxygen atoms in total. The molecule has 0 aliphatic rings. The second-order valence-electron chi connectivity index (χ2n) is 15.7. The van der Waals surface area contributed by atoms with Crippen LogP contribution in [0.3, 0.4) is 0 Å². The van der Waals surface area contributed by atoms with Crippen LogP contribution < -0.4 is 54.8 Å². The van der Waals surface area contributed by atoms with Crippen molar-refractivity contribution in [2.75, 3.05) is 6.54 Å². The fraction of sp³-hybridized carbons (Fsp3) is 0.419. The van der Waals surface area contributed by atoms with Crippen molar-refractivity contribution >= 4 is 59.2 Å². The molecule has 0 spiro atoms. The van der Waals surface area contributed by atoms with E-state index in [-0.39, 0.29) is 63.2 Å². The number of aromatic amines is 1. The van der Waals surface area contributed by atoms with Crippen LogP contribution in [0.25, 0.3) is 0 Å². The van der Waals surface area contributed by atoms with Gasteiger partial charge in [0.05, 0.1) is 12.4 Å². The van der Waals surface area contributed by atoms with Crippen LogP contribution in [0.15, 0.2) is 72.1 Å². The van der Waals surface area contributed by atoms with Crippen LogP contribution >= 0.6 is 0 Å². The number of benzene rings is 2. The molecule has 0 fully saturated rings. The largest absolute Gasteiger partial charge is 0.508 e. The molecule has 1 heterocycles. The molecule has 0 saturated carbocycles. The lowest BCUT2D eigenvalue weighted by Crippen LogP contribution is -2.60. The number of hydrogen-bond acceptors (Lipinski definition) is 13. The number of primary amides is 1. The van der Waals surface area contributed by atoms with Gasteiger partial charge >= 0.3 is 11.9 Å². The Morgan fingerprint density at radius 3 is 1.74 bits per heavy atom. The molecule has 7 atom stereocenters. The molecule has 0 radical (unpaired) electrons. The number of carboxylic acid groups (broad SMARTS) is 2. The average molecular weight is 950 g/mol. The van der Waals surface area contributed by atoms with E-state index >= 15 is 0 Å². The van der Waals surface area contributed by atoms with Crippen molar-refractivity contribution in [2.24, 2.45) is 27.9 Å². The lowest BCUT2D eigenvalue weighted by atomic mass is 10.0. The second-order valence-corrected chi connectivity index (χ2v) is 15.7. The van der Waals surface area contributed by atoms with Gasteiger partial charge in [0, 0.05) is 44.1 Å². The third kappa shape index (κ3) is 19.6. The summed E-state index contributed by atoms with van der Waals surface area (Å²) in [7, 11) is 0. The molecular weight excluding hydrogens is 891 g/mol. The number of aromatic nitrogens is 2. The van der Waals surface area contributed by atoms with E-state index in [0.717, 1.165) is 0 Å². The summed E-state index contributed by atoms with van der Waals surface area (Å²) in [5.41, 5.74) is 23.7. The third-order valence-electron chi connectivity index (χ3n) is 10.2.